The summed E-state index contributed by atoms with van der Waals surface area (Å²) in [6.45, 7) is 7.02. The fourth-order valence-electron chi connectivity index (χ4n) is 4.94. The summed E-state index contributed by atoms with van der Waals surface area (Å²) in [5.74, 6) is 1.11. The second-order valence-corrected chi connectivity index (χ2v) is 10.3. The van der Waals surface area contributed by atoms with Crippen molar-refractivity contribution in [2.45, 2.75) is 25.8 Å². The van der Waals surface area contributed by atoms with Gasteiger partial charge in [0.25, 0.3) is 5.91 Å². The van der Waals surface area contributed by atoms with Crippen molar-refractivity contribution in [2.24, 2.45) is 0 Å². The molecule has 1 aliphatic heterocycles. The molecule has 40 heavy (non-hydrogen) atoms. The molecule has 0 unspecified atom stereocenters. The molecule has 0 bridgehead atoms. The van der Waals surface area contributed by atoms with E-state index in [1.54, 1.807) is 0 Å². The molecule has 1 amide bonds. The van der Waals surface area contributed by atoms with Gasteiger partial charge < -0.3 is 25.4 Å². The van der Waals surface area contributed by atoms with Crippen LogP contribution in [0.15, 0.2) is 54.7 Å². The number of fused-ring (bicyclic) bond motifs is 1. The Bertz CT molecular complexity index is 1510. The van der Waals surface area contributed by atoms with Crippen molar-refractivity contribution in [1.29, 1.82) is 0 Å². The predicted octanol–water partition coefficient (Wildman–Crippen LogP) is 4.18. The highest BCUT2D eigenvalue weighted by Gasteiger charge is 2.24. The average Bonchev–Trinajstić information content (AvgIpc) is 3.68. The Morgan fingerprint density at radius 3 is 2.70 bits per heavy atom. The van der Waals surface area contributed by atoms with Gasteiger partial charge in [-0.15, -0.1) is 5.10 Å². The van der Waals surface area contributed by atoms with Crippen LogP contribution in [0.5, 0.6) is 11.6 Å². The first-order valence-corrected chi connectivity index (χ1v) is 13.9. The first-order chi connectivity index (χ1) is 19.6. The maximum atomic E-state index is 12.7. The molecule has 1 aliphatic carbocycles. The molecule has 1 saturated carbocycles. The second kappa shape index (κ2) is 11.5. The number of hydrogen-bond donors (Lipinski definition) is 3. The fourth-order valence-corrected chi connectivity index (χ4v) is 4.94. The number of anilines is 2. The maximum absolute atomic E-state index is 12.7. The van der Waals surface area contributed by atoms with Gasteiger partial charge in [0.05, 0.1) is 36.5 Å². The van der Waals surface area contributed by atoms with Crippen LogP contribution in [-0.4, -0.2) is 77.9 Å². The molecule has 0 atom stereocenters. The number of aryl methyl sites for hydroxylation is 1. The van der Waals surface area contributed by atoms with E-state index in [0.717, 1.165) is 80.4 Å². The summed E-state index contributed by atoms with van der Waals surface area (Å²) in [7, 11) is 1.86. The molecule has 0 radical (unpaired) electrons. The van der Waals surface area contributed by atoms with E-state index in [1.807, 2.05) is 73.2 Å². The summed E-state index contributed by atoms with van der Waals surface area (Å²) >= 11 is 0. The van der Waals surface area contributed by atoms with E-state index in [-0.39, 0.29) is 5.91 Å². The third kappa shape index (κ3) is 5.73. The van der Waals surface area contributed by atoms with Crippen LogP contribution in [0.1, 0.15) is 28.8 Å². The van der Waals surface area contributed by atoms with Gasteiger partial charge in [0.2, 0.25) is 5.88 Å². The number of nitrogens with one attached hydrogen (secondary N) is 3. The zero-order valence-corrected chi connectivity index (χ0v) is 22.9. The van der Waals surface area contributed by atoms with Crippen LogP contribution >= 0.6 is 0 Å². The van der Waals surface area contributed by atoms with Gasteiger partial charge in [-0.2, -0.15) is 0 Å². The summed E-state index contributed by atoms with van der Waals surface area (Å²) in [6.07, 6.45) is 3.93. The van der Waals surface area contributed by atoms with E-state index in [2.05, 4.69) is 20.9 Å². The van der Waals surface area contributed by atoms with E-state index < -0.39 is 0 Å². The van der Waals surface area contributed by atoms with Crippen LogP contribution in [0.3, 0.4) is 0 Å². The smallest absolute Gasteiger partial charge is 0.251 e. The minimum atomic E-state index is -0.0199. The van der Waals surface area contributed by atoms with Gasteiger partial charge in [0.1, 0.15) is 0 Å². The summed E-state index contributed by atoms with van der Waals surface area (Å²) in [6, 6.07) is 15.8. The largest absolute Gasteiger partial charge is 0.435 e. The van der Waals surface area contributed by atoms with E-state index in [1.165, 1.54) is 0 Å². The second-order valence-electron chi connectivity index (χ2n) is 10.3. The highest BCUT2D eigenvalue weighted by atomic mass is 16.5. The number of carbonyl (C=O) groups excluding carboxylic acids is 1. The molecule has 2 fully saturated rings. The van der Waals surface area contributed by atoms with Crippen molar-refractivity contribution in [2.75, 3.05) is 57.1 Å². The molecule has 4 aromatic rings. The molecular weight excluding hydrogens is 506 g/mol. The lowest BCUT2D eigenvalue weighted by molar-refractivity contribution is 0.0398. The third-order valence-electron chi connectivity index (χ3n) is 7.34. The van der Waals surface area contributed by atoms with E-state index in [9.17, 15) is 4.79 Å². The van der Waals surface area contributed by atoms with Crippen molar-refractivity contribution in [3.05, 3.63) is 65.9 Å². The number of hydrogen-bond acceptors (Lipinski definition) is 8. The molecule has 10 nitrogen and oxygen atoms in total. The molecule has 0 spiro atoms. The summed E-state index contributed by atoms with van der Waals surface area (Å²) in [4.78, 5) is 19.8. The van der Waals surface area contributed by atoms with Crippen molar-refractivity contribution in [1.82, 2.24) is 24.8 Å². The van der Waals surface area contributed by atoms with Crippen LogP contribution in [0, 0.1) is 6.92 Å². The zero-order valence-electron chi connectivity index (χ0n) is 22.9. The van der Waals surface area contributed by atoms with Crippen molar-refractivity contribution < 1.29 is 14.3 Å². The minimum absolute atomic E-state index is 0.0199. The Morgan fingerprint density at radius 1 is 1.10 bits per heavy atom. The van der Waals surface area contributed by atoms with Gasteiger partial charge in [-0.05, 0) is 49.6 Å². The Hall–Kier alpha value is -4.15. The standard InChI is InChI=1S/C30H35N7O3/c1-20-17-21(7-10-23(20)30(38)34-22-8-9-22)26-19-33-29-25(32-11-12-36-13-15-39-16-14-36)18-28(35-37(26)29)40-27-6-4-3-5-24(27)31-2/h3-7,10,17-19,22,31-32H,8-9,11-16H2,1-2H3,(H,34,38). The van der Waals surface area contributed by atoms with Crippen LogP contribution in [0.2, 0.25) is 0 Å². The van der Waals surface area contributed by atoms with E-state index in [4.69, 9.17) is 19.6 Å². The van der Waals surface area contributed by atoms with E-state index >= 15 is 0 Å². The van der Waals surface area contributed by atoms with Gasteiger partial charge in [0.15, 0.2) is 11.4 Å². The van der Waals surface area contributed by atoms with Crippen LogP contribution in [0.25, 0.3) is 16.9 Å². The number of rotatable bonds is 10. The highest BCUT2D eigenvalue weighted by Crippen LogP contribution is 2.32. The van der Waals surface area contributed by atoms with Crippen LogP contribution < -0.4 is 20.7 Å². The molecule has 2 aliphatic rings. The number of amides is 1. The molecule has 10 heteroatoms. The molecule has 2 aromatic carbocycles. The number of imidazole rings is 1. The summed E-state index contributed by atoms with van der Waals surface area (Å²) in [5, 5.41) is 14.6. The molecule has 3 heterocycles. The maximum Gasteiger partial charge on any atom is 0.251 e. The number of carbonyl (C=O) groups is 1. The Kier molecular flexibility index (Phi) is 7.52. The molecule has 208 valence electrons. The molecular formula is C30H35N7O3. The lowest BCUT2D eigenvalue weighted by Crippen LogP contribution is -2.39. The van der Waals surface area contributed by atoms with E-state index in [0.29, 0.717) is 28.9 Å². The van der Waals surface area contributed by atoms with Crippen molar-refractivity contribution in [3.63, 3.8) is 0 Å². The zero-order chi connectivity index (χ0) is 27.5. The van der Waals surface area contributed by atoms with Gasteiger partial charge >= 0.3 is 0 Å². The lowest BCUT2D eigenvalue weighted by atomic mass is 10.0. The molecule has 1 saturated heterocycles. The predicted molar refractivity (Wildman–Crippen MR) is 155 cm³/mol. The summed E-state index contributed by atoms with van der Waals surface area (Å²) < 4.78 is 13.6. The summed E-state index contributed by atoms with van der Waals surface area (Å²) in [5.41, 5.74) is 5.75. The van der Waals surface area contributed by atoms with Gasteiger partial charge in [-0.3, -0.25) is 9.69 Å². The van der Waals surface area contributed by atoms with Gasteiger partial charge in [-0.1, -0.05) is 18.2 Å². The number of aromatic nitrogens is 3. The first-order valence-electron chi connectivity index (χ1n) is 13.9. The Balaban J connectivity index is 1.32. The van der Waals surface area contributed by atoms with Crippen molar-refractivity contribution in [3.8, 4) is 22.9 Å². The molecule has 6 rings (SSSR count). The lowest BCUT2D eigenvalue weighted by Gasteiger charge is -2.26. The topological polar surface area (TPSA) is 105 Å². The Labute approximate surface area is 233 Å². The number of benzene rings is 2. The van der Waals surface area contributed by atoms with Crippen molar-refractivity contribution >= 4 is 22.9 Å². The quantitative estimate of drug-likeness (QED) is 0.275. The highest BCUT2D eigenvalue weighted by molar-refractivity contribution is 5.96. The first kappa shape index (κ1) is 26.1. The average molecular weight is 542 g/mol. The normalized spacial score (nSPS) is 15.7. The molecule has 2 aromatic heterocycles. The number of para-hydroxylation sites is 2. The van der Waals surface area contributed by atoms with Crippen LogP contribution in [0.4, 0.5) is 11.4 Å². The SMILES string of the molecule is CNc1ccccc1Oc1cc(NCCN2CCOCC2)c2ncc(-c3ccc(C(=O)NC4CC4)c(C)c3)n2n1. The monoisotopic (exact) mass is 541 g/mol. The molecule has 3 N–H and O–H groups in total. The van der Waals surface area contributed by atoms with Gasteiger partial charge in [0, 0.05) is 56.5 Å². The van der Waals surface area contributed by atoms with Crippen LogP contribution in [-0.2, 0) is 4.74 Å². The number of ether oxygens (including phenoxy) is 2. The van der Waals surface area contributed by atoms with Gasteiger partial charge in [-0.25, -0.2) is 9.50 Å². The fraction of sp³-hybridized carbons (Fsp3) is 0.367. The number of nitrogens with zero attached hydrogens (tertiary/aromatic N) is 4. The Morgan fingerprint density at radius 2 is 1.93 bits per heavy atom. The minimum Gasteiger partial charge on any atom is -0.435 e. The third-order valence-corrected chi connectivity index (χ3v) is 7.34. The number of morpholine rings is 1.